The van der Waals surface area contributed by atoms with Crippen molar-refractivity contribution in [2.45, 2.75) is 19.3 Å². The minimum Gasteiger partial charge on any atom is -0.306 e. The van der Waals surface area contributed by atoms with Crippen LogP contribution in [0, 0.1) is 5.92 Å². The predicted molar refractivity (Wildman–Crippen MR) is 87.8 cm³/mol. The molecule has 20 heavy (non-hydrogen) atoms. The molecule has 0 amide bonds. The van der Waals surface area contributed by atoms with Gasteiger partial charge < -0.3 is 4.90 Å². The number of thioether (sulfide) groups is 1. The van der Waals surface area contributed by atoms with Crippen LogP contribution in [0.15, 0.2) is 24.3 Å². The molecule has 1 saturated heterocycles. The van der Waals surface area contributed by atoms with Gasteiger partial charge in [0.15, 0.2) is 0 Å². The van der Waals surface area contributed by atoms with E-state index in [0.717, 1.165) is 23.9 Å². The summed E-state index contributed by atoms with van der Waals surface area (Å²) in [4.78, 5) is 13.5. The van der Waals surface area contributed by atoms with Gasteiger partial charge in [0, 0.05) is 11.6 Å². The fourth-order valence-corrected chi connectivity index (χ4v) is 4.06. The van der Waals surface area contributed by atoms with Gasteiger partial charge in [0.05, 0.1) is 5.75 Å². The topological polar surface area (TPSA) is 20.3 Å². The van der Waals surface area contributed by atoms with Gasteiger partial charge in [-0.25, -0.2) is 0 Å². The van der Waals surface area contributed by atoms with Gasteiger partial charge in [0.1, 0.15) is 5.78 Å². The van der Waals surface area contributed by atoms with Crippen molar-refractivity contribution < 1.29 is 4.79 Å². The zero-order valence-electron chi connectivity index (χ0n) is 12.1. The van der Waals surface area contributed by atoms with Gasteiger partial charge in [-0.2, -0.15) is 11.8 Å². The van der Waals surface area contributed by atoms with Crippen molar-refractivity contribution in [1.29, 1.82) is 0 Å². The fraction of sp³-hybridized carbons (Fsp3) is 0.562. The SMILES string of the molecule is CC(=O)CSC[C@@H]1CN(C)CC[C@H]1c1ccc(Cl)cc1. The van der Waals surface area contributed by atoms with Crippen LogP contribution in [0.25, 0.3) is 0 Å². The summed E-state index contributed by atoms with van der Waals surface area (Å²) in [6.07, 6.45) is 1.18. The Morgan fingerprint density at radius 1 is 1.40 bits per heavy atom. The maximum absolute atomic E-state index is 11.1. The second kappa shape index (κ2) is 7.48. The number of ketones is 1. The standard InChI is InChI=1S/C16H22ClNOS/c1-12(19)10-20-11-14-9-18(2)8-7-16(14)13-3-5-15(17)6-4-13/h3-6,14,16H,7-11H2,1-2H3/t14-,16-/m0/s1. The van der Waals surface area contributed by atoms with E-state index in [-0.39, 0.29) is 5.78 Å². The highest BCUT2D eigenvalue weighted by molar-refractivity contribution is 7.99. The first-order valence-electron chi connectivity index (χ1n) is 7.07. The highest BCUT2D eigenvalue weighted by Crippen LogP contribution is 2.35. The molecular formula is C16H22ClNOS. The molecule has 0 aromatic heterocycles. The molecule has 0 N–H and O–H groups in total. The maximum atomic E-state index is 11.1. The number of halogens is 1. The van der Waals surface area contributed by atoms with E-state index in [1.807, 2.05) is 12.1 Å². The van der Waals surface area contributed by atoms with E-state index in [1.54, 1.807) is 18.7 Å². The molecule has 0 unspecified atom stereocenters. The molecule has 2 atom stereocenters. The second-order valence-corrected chi connectivity index (χ2v) is 7.15. The lowest BCUT2D eigenvalue weighted by Crippen LogP contribution is -2.38. The fourth-order valence-electron chi connectivity index (χ4n) is 2.89. The third-order valence-electron chi connectivity index (χ3n) is 3.87. The van der Waals surface area contributed by atoms with Crippen molar-refractivity contribution in [3.63, 3.8) is 0 Å². The number of Topliss-reactive ketones (excluding diaryl/α,β-unsaturated/α-hetero) is 1. The van der Waals surface area contributed by atoms with Gasteiger partial charge in [0.25, 0.3) is 0 Å². The smallest absolute Gasteiger partial charge is 0.139 e. The quantitative estimate of drug-likeness (QED) is 0.827. The van der Waals surface area contributed by atoms with Crippen molar-refractivity contribution in [3.05, 3.63) is 34.9 Å². The zero-order valence-corrected chi connectivity index (χ0v) is 13.7. The number of likely N-dealkylation sites (tertiary alicyclic amines) is 1. The Morgan fingerprint density at radius 3 is 2.75 bits per heavy atom. The minimum absolute atomic E-state index is 0.266. The van der Waals surface area contributed by atoms with E-state index >= 15 is 0 Å². The summed E-state index contributed by atoms with van der Waals surface area (Å²) in [5.74, 6) is 3.15. The molecule has 1 heterocycles. The Labute approximate surface area is 130 Å². The number of hydrogen-bond donors (Lipinski definition) is 0. The molecule has 2 nitrogen and oxygen atoms in total. The maximum Gasteiger partial charge on any atom is 0.139 e. The third kappa shape index (κ3) is 4.51. The summed E-state index contributed by atoms with van der Waals surface area (Å²) in [6, 6.07) is 8.27. The highest BCUT2D eigenvalue weighted by Gasteiger charge is 2.28. The van der Waals surface area contributed by atoms with Crippen LogP contribution in [-0.2, 0) is 4.79 Å². The van der Waals surface area contributed by atoms with Gasteiger partial charge in [-0.05, 0) is 62.2 Å². The number of nitrogens with zero attached hydrogens (tertiary/aromatic N) is 1. The lowest BCUT2D eigenvalue weighted by molar-refractivity contribution is -0.114. The van der Waals surface area contributed by atoms with Crippen LogP contribution in [0.1, 0.15) is 24.8 Å². The van der Waals surface area contributed by atoms with Gasteiger partial charge in [-0.15, -0.1) is 0 Å². The zero-order chi connectivity index (χ0) is 14.5. The van der Waals surface area contributed by atoms with Crippen molar-refractivity contribution in [1.82, 2.24) is 4.90 Å². The molecule has 0 saturated carbocycles. The normalized spacial score (nSPS) is 23.8. The molecule has 0 radical (unpaired) electrons. The molecule has 110 valence electrons. The van der Waals surface area contributed by atoms with E-state index < -0.39 is 0 Å². The number of benzene rings is 1. The predicted octanol–water partition coefficient (Wildman–Crippen LogP) is 3.70. The molecule has 0 bridgehead atoms. The molecule has 0 spiro atoms. The summed E-state index contributed by atoms with van der Waals surface area (Å²) < 4.78 is 0. The highest BCUT2D eigenvalue weighted by atomic mass is 35.5. The molecule has 4 heteroatoms. The van der Waals surface area contributed by atoms with Crippen LogP contribution in [0.2, 0.25) is 5.02 Å². The van der Waals surface area contributed by atoms with E-state index in [4.69, 9.17) is 11.6 Å². The molecular weight excluding hydrogens is 290 g/mol. The lowest BCUT2D eigenvalue weighted by atomic mass is 9.81. The molecule has 1 fully saturated rings. The van der Waals surface area contributed by atoms with Gasteiger partial charge in [-0.3, -0.25) is 4.79 Å². The van der Waals surface area contributed by atoms with Gasteiger partial charge in [-0.1, -0.05) is 23.7 Å². The Morgan fingerprint density at radius 2 is 2.10 bits per heavy atom. The van der Waals surface area contributed by atoms with Crippen LogP contribution in [0.5, 0.6) is 0 Å². The summed E-state index contributed by atoms with van der Waals surface area (Å²) >= 11 is 7.75. The monoisotopic (exact) mass is 311 g/mol. The Kier molecular flexibility index (Phi) is 5.94. The Bertz CT molecular complexity index is 448. The largest absolute Gasteiger partial charge is 0.306 e. The van der Waals surface area contributed by atoms with Crippen LogP contribution in [0.4, 0.5) is 0 Å². The van der Waals surface area contributed by atoms with Crippen molar-refractivity contribution in [3.8, 4) is 0 Å². The number of hydrogen-bond acceptors (Lipinski definition) is 3. The summed E-state index contributed by atoms with van der Waals surface area (Å²) in [5.41, 5.74) is 1.39. The van der Waals surface area contributed by atoms with E-state index in [0.29, 0.717) is 17.6 Å². The number of piperidine rings is 1. The molecule has 1 aromatic rings. The number of carbonyl (C=O) groups excluding carboxylic acids is 1. The average molecular weight is 312 g/mol. The Hall–Kier alpha value is -0.510. The van der Waals surface area contributed by atoms with Gasteiger partial charge in [0.2, 0.25) is 0 Å². The molecule has 0 aliphatic carbocycles. The third-order valence-corrected chi connectivity index (χ3v) is 5.40. The van der Waals surface area contributed by atoms with E-state index in [2.05, 4.69) is 24.1 Å². The molecule has 2 rings (SSSR count). The van der Waals surface area contributed by atoms with Crippen molar-refractivity contribution >= 4 is 29.1 Å². The molecule has 1 aliphatic rings. The first-order chi connectivity index (χ1) is 9.56. The van der Waals surface area contributed by atoms with Crippen LogP contribution < -0.4 is 0 Å². The lowest BCUT2D eigenvalue weighted by Gasteiger charge is -2.37. The number of rotatable bonds is 5. The minimum atomic E-state index is 0.266. The van der Waals surface area contributed by atoms with E-state index in [9.17, 15) is 4.79 Å². The summed E-state index contributed by atoms with van der Waals surface area (Å²) in [6.45, 7) is 3.91. The first kappa shape index (κ1) is 15.9. The first-order valence-corrected chi connectivity index (χ1v) is 8.60. The summed E-state index contributed by atoms with van der Waals surface area (Å²) in [7, 11) is 2.18. The molecule has 1 aliphatic heterocycles. The molecule has 1 aromatic carbocycles. The van der Waals surface area contributed by atoms with Crippen LogP contribution in [0.3, 0.4) is 0 Å². The number of carbonyl (C=O) groups is 1. The Balaban J connectivity index is 2.03. The van der Waals surface area contributed by atoms with Crippen molar-refractivity contribution in [2.24, 2.45) is 5.92 Å². The summed E-state index contributed by atoms with van der Waals surface area (Å²) in [5, 5.41) is 0.796. The van der Waals surface area contributed by atoms with Gasteiger partial charge >= 0.3 is 0 Å². The van der Waals surface area contributed by atoms with Crippen molar-refractivity contribution in [2.75, 3.05) is 31.6 Å². The average Bonchev–Trinajstić information content (AvgIpc) is 2.40. The second-order valence-electron chi connectivity index (χ2n) is 5.69. The van der Waals surface area contributed by atoms with Crippen LogP contribution in [-0.4, -0.2) is 42.3 Å². The van der Waals surface area contributed by atoms with E-state index in [1.165, 1.54) is 12.0 Å². The van der Waals surface area contributed by atoms with Crippen LogP contribution >= 0.6 is 23.4 Å².